The lowest BCUT2D eigenvalue weighted by Gasteiger charge is -2.19. The highest BCUT2D eigenvalue weighted by Gasteiger charge is 2.31. The second kappa shape index (κ2) is 8.86. The summed E-state index contributed by atoms with van der Waals surface area (Å²) in [7, 11) is -3.83. The van der Waals surface area contributed by atoms with Gasteiger partial charge in [-0.05, 0) is 36.1 Å². The quantitative estimate of drug-likeness (QED) is 0.424. The third-order valence-electron chi connectivity index (χ3n) is 5.34. The second-order valence-electron chi connectivity index (χ2n) is 7.37. The number of benzene rings is 2. The molecule has 162 valence electrons. The van der Waals surface area contributed by atoms with E-state index in [0.717, 1.165) is 30.0 Å². The summed E-state index contributed by atoms with van der Waals surface area (Å²) in [5, 5.41) is 18.7. The summed E-state index contributed by atoms with van der Waals surface area (Å²) in [6.45, 7) is 1.82. The fourth-order valence-electron chi connectivity index (χ4n) is 3.69. The minimum atomic E-state index is -3.83. The van der Waals surface area contributed by atoms with E-state index in [9.17, 15) is 18.5 Å². The van der Waals surface area contributed by atoms with Gasteiger partial charge in [-0.3, -0.25) is 14.8 Å². The maximum absolute atomic E-state index is 13.2. The van der Waals surface area contributed by atoms with Crippen LogP contribution in [-0.2, 0) is 23.1 Å². The van der Waals surface area contributed by atoms with Gasteiger partial charge >= 0.3 is 0 Å². The molecule has 0 radical (unpaired) electrons. The van der Waals surface area contributed by atoms with Crippen molar-refractivity contribution in [2.45, 2.75) is 30.8 Å². The highest BCUT2D eigenvalue weighted by molar-refractivity contribution is 7.89. The smallest absolute Gasteiger partial charge is 0.270 e. The van der Waals surface area contributed by atoms with E-state index >= 15 is 0 Å². The zero-order valence-electron chi connectivity index (χ0n) is 16.8. The molecule has 1 fully saturated rings. The highest BCUT2D eigenvalue weighted by atomic mass is 32.2. The van der Waals surface area contributed by atoms with Gasteiger partial charge in [0.05, 0.1) is 17.2 Å². The molecule has 1 aromatic heterocycles. The summed E-state index contributed by atoms with van der Waals surface area (Å²) in [4.78, 5) is 10.6. The molecule has 0 saturated carbocycles. The molecule has 0 bridgehead atoms. The van der Waals surface area contributed by atoms with Crippen molar-refractivity contribution < 1.29 is 13.3 Å². The molecular weight excluding hydrogens is 418 g/mol. The predicted octanol–water partition coefficient (Wildman–Crippen LogP) is 3.24. The van der Waals surface area contributed by atoms with Crippen LogP contribution in [0.25, 0.3) is 0 Å². The first-order valence-electron chi connectivity index (χ1n) is 10.0. The molecule has 0 spiro atoms. The maximum Gasteiger partial charge on any atom is 0.270 e. The van der Waals surface area contributed by atoms with E-state index in [4.69, 9.17) is 0 Å². The summed E-state index contributed by atoms with van der Waals surface area (Å²) in [6.07, 6.45) is 5.17. The topological polar surface area (TPSA) is 110 Å². The second-order valence-corrected chi connectivity index (χ2v) is 9.28. The Morgan fingerprint density at radius 2 is 1.81 bits per heavy atom. The number of non-ortho nitro benzene ring substituents is 1. The molecule has 1 saturated heterocycles. The molecule has 0 atom stereocenters. The number of anilines is 1. The molecule has 10 heteroatoms. The summed E-state index contributed by atoms with van der Waals surface area (Å²) in [6, 6.07) is 13.6. The van der Waals surface area contributed by atoms with Gasteiger partial charge in [0, 0.05) is 44.2 Å². The normalized spacial score (nSPS) is 14.6. The van der Waals surface area contributed by atoms with Crippen LogP contribution in [0.15, 0.2) is 65.8 Å². The molecule has 1 aliphatic heterocycles. The number of hydrogen-bond donors (Lipinski definition) is 1. The molecule has 0 unspecified atom stereocenters. The Hall–Kier alpha value is -3.24. The van der Waals surface area contributed by atoms with E-state index in [1.54, 1.807) is 6.20 Å². The van der Waals surface area contributed by atoms with E-state index in [1.165, 1.54) is 16.4 Å². The first-order chi connectivity index (χ1) is 14.9. The van der Waals surface area contributed by atoms with Crippen molar-refractivity contribution >= 4 is 21.4 Å². The Kier molecular flexibility index (Phi) is 6.01. The Bertz CT molecular complexity index is 1170. The van der Waals surface area contributed by atoms with E-state index < -0.39 is 14.9 Å². The van der Waals surface area contributed by atoms with Crippen molar-refractivity contribution in [3.63, 3.8) is 0 Å². The lowest BCUT2D eigenvalue weighted by Crippen LogP contribution is -2.28. The van der Waals surface area contributed by atoms with Gasteiger partial charge in [-0.25, -0.2) is 8.42 Å². The molecule has 1 N–H and O–H groups in total. The van der Waals surface area contributed by atoms with Gasteiger partial charge in [0.2, 0.25) is 10.0 Å². The standard InChI is InChI=1S/C21H23N5O4S/c27-26(28)19-8-9-20(21(14-19)31(29,30)25-12-3-4-13-25)22-15-17-6-1-2-7-18(17)16-24-11-5-10-23-24/h1-2,5-11,14,22H,3-4,12-13,15-16H2. The van der Waals surface area contributed by atoms with Crippen LogP contribution < -0.4 is 5.32 Å². The van der Waals surface area contributed by atoms with Crippen LogP contribution in [-0.4, -0.2) is 40.5 Å². The average Bonchev–Trinajstić information content (AvgIpc) is 3.47. The molecule has 3 aromatic rings. The molecule has 0 amide bonds. The van der Waals surface area contributed by atoms with Crippen LogP contribution in [0.3, 0.4) is 0 Å². The first kappa shape index (κ1) is 21.0. The van der Waals surface area contributed by atoms with Crippen molar-refractivity contribution in [3.05, 3.63) is 82.2 Å². The molecule has 31 heavy (non-hydrogen) atoms. The van der Waals surface area contributed by atoms with Crippen LogP contribution in [0.5, 0.6) is 0 Å². The van der Waals surface area contributed by atoms with Crippen LogP contribution in [0.1, 0.15) is 24.0 Å². The Balaban J connectivity index is 1.63. The van der Waals surface area contributed by atoms with E-state index in [2.05, 4.69) is 10.4 Å². The minimum absolute atomic E-state index is 0.0619. The first-order valence-corrected chi connectivity index (χ1v) is 11.5. The Morgan fingerprint density at radius 3 is 2.48 bits per heavy atom. The lowest BCUT2D eigenvalue weighted by molar-refractivity contribution is -0.385. The lowest BCUT2D eigenvalue weighted by atomic mass is 10.1. The van der Waals surface area contributed by atoms with Crippen molar-refractivity contribution in [2.24, 2.45) is 0 Å². The largest absolute Gasteiger partial charge is 0.380 e. The number of nitrogens with one attached hydrogen (secondary N) is 1. The van der Waals surface area contributed by atoms with Gasteiger partial charge in [0.1, 0.15) is 4.90 Å². The number of nitrogens with zero attached hydrogens (tertiary/aromatic N) is 4. The number of rotatable bonds is 8. The monoisotopic (exact) mass is 441 g/mol. The SMILES string of the molecule is O=[N+]([O-])c1ccc(NCc2ccccc2Cn2cccn2)c(S(=O)(=O)N2CCCC2)c1. The molecule has 1 aliphatic rings. The Labute approximate surface area is 180 Å². The summed E-state index contributed by atoms with van der Waals surface area (Å²) in [5.41, 5.74) is 2.14. The summed E-state index contributed by atoms with van der Waals surface area (Å²) >= 11 is 0. The zero-order valence-corrected chi connectivity index (χ0v) is 17.7. The van der Waals surface area contributed by atoms with Crippen molar-refractivity contribution in [1.82, 2.24) is 14.1 Å². The van der Waals surface area contributed by atoms with E-state index in [0.29, 0.717) is 31.9 Å². The van der Waals surface area contributed by atoms with Gasteiger partial charge < -0.3 is 5.32 Å². The van der Waals surface area contributed by atoms with Gasteiger partial charge in [-0.2, -0.15) is 9.40 Å². The van der Waals surface area contributed by atoms with Gasteiger partial charge in [-0.1, -0.05) is 24.3 Å². The summed E-state index contributed by atoms with van der Waals surface area (Å²) < 4.78 is 29.5. The fraction of sp³-hybridized carbons (Fsp3) is 0.286. The van der Waals surface area contributed by atoms with Gasteiger partial charge in [0.25, 0.3) is 5.69 Å². The average molecular weight is 442 g/mol. The summed E-state index contributed by atoms with van der Waals surface area (Å²) in [5.74, 6) is 0. The van der Waals surface area contributed by atoms with Crippen LogP contribution >= 0.6 is 0 Å². The fourth-order valence-corrected chi connectivity index (χ4v) is 5.40. The highest BCUT2D eigenvalue weighted by Crippen LogP contribution is 2.31. The van der Waals surface area contributed by atoms with E-state index in [-0.39, 0.29) is 10.6 Å². The van der Waals surface area contributed by atoms with Crippen molar-refractivity contribution in [2.75, 3.05) is 18.4 Å². The Morgan fingerprint density at radius 1 is 1.06 bits per heavy atom. The van der Waals surface area contributed by atoms with Crippen molar-refractivity contribution in [3.8, 4) is 0 Å². The molecular formula is C21H23N5O4S. The molecule has 2 aromatic carbocycles. The number of aromatic nitrogens is 2. The van der Waals surface area contributed by atoms with Crippen LogP contribution in [0.2, 0.25) is 0 Å². The predicted molar refractivity (Wildman–Crippen MR) is 116 cm³/mol. The van der Waals surface area contributed by atoms with Crippen LogP contribution in [0, 0.1) is 10.1 Å². The van der Waals surface area contributed by atoms with Gasteiger partial charge in [-0.15, -0.1) is 0 Å². The zero-order chi connectivity index (χ0) is 21.8. The molecule has 9 nitrogen and oxygen atoms in total. The van der Waals surface area contributed by atoms with E-state index in [1.807, 2.05) is 41.2 Å². The third-order valence-corrected chi connectivity index (χ3v) is 7.28. The maximum atomic E-state index is 13.2. The minimum Gasteiger partial charge on any atom is -0.380 e. The molecule has 4 rings (SSSR count). The van der Waals surface area contributed by atoms with Gasteiger partial charge in [0.15, 0.2) is 0 Å². The number of hydrogen-bond acceptors (Lipinski definition) is 6. The number of nitro benzene ring substituents is 1. The number of nitro groups is 1. The van der Waals surface area contributed by atoms with Crippen molar-refractivity contribution in [1.29, 1.82) is 0 Å². The molecule has 0 aliphatic carbocycles. The third kappa shape index (κ3) is 4.59. The van der Waals surface area contributed by atoms with Crippen LogP contribution in [0.4, 0.5) is 11.4 Å². The molecule has 2 heterocycles. The number of sulfonamides is 1.